The molecule has 1 aromatic carbocycles. The fourth-order valence-electron chi connectivity index (χ4n) is 3.91. The molecule has 8 heteroatoms. The van der Waals surface area contributed by atoms with Crippen molar-refractivity contribution in [3.8, 4) is 11.3 Å². The maximum absolute atomic E-state index is 11.8. The Bertz CT molecular complexity index is 1340. The van der Waals surface area contributed by atoms with Gasteiger partial charge in [0.05, 0.1) is 10.9 Å². The lowest BCUT2D eigenvalue weighted by Gasteiger charge is -2.18. The minimum atomic E-state index is -1.05. The smallest absolute Gasteiger partial charge is 0.336 e. The van der Waals surface area contributed by atoms with Crippen LogP contribution in [0.3, 0.4) is 0 Å². The van der Waals surface area contributed by atoms with Crippen molar-refractivity contribution >= 4 is 34.1 Å². The van der Waals surface area contributed by atoms with Crippen molar-refractivity contribution in [1.29, 1.82) is 5.41 Å². The fourth-order valence-corrected chi connectivity index (χ4v) is 3.91. The molecule has 1 aliphatic carbocycles. The summed E-state index contributed by atoms with van der Waals surface area (Å²) in [5.41, 5.74) is 14.4. The van der Waals surface area contributed by atoms with Crippen LogP contribution in [0.25, 0.3) is 27.9 Å². The molecule has 1 amide bonds. The molecular weight excluding hydrogens is 468 g/mol. The molecule has 1 aromatic rings. The highest BCUT2D eigenvalue weighted by Gasteiger charge is 2.22. The lowest BCUT2D eigenvalue weighted by Crippen LogP contribution is -2.20. The van der Waals surface area contributed by atoms with Crippen LogP contribution in [-0.2, 0) is 9.59 Å². The molecule has 0 fully saturated rings. The molecule has 3 rings (SSSR count). The molecule has 2 aliphatic rings. The van der Waals surface area contributed by atoms with Crippen LogP contribution in [0.15, 0.2) is 71.2 Å². The maximum atomic E-state index is 11.8. The Morgan fingerprint density at radius 2 is 1.86 bits per heavy atom. The van der Waals surface area contributed by atoms with E-state index >= 15 is 0 Å². The Hall–Kier alpha value is -4.17. The number of carboxylic acids is 1. The second kappa shape index (κ2) is 14.4. The van der Waals surface area contributed by atoms with E-state index in [-0.39, 0.29) is 11.5 Å². The highest BCUT2D eigenvalue weighted by Crippen LogP contribution is 2.40. The number of carbonyl (C=O) groups excluding carboxylic acids is 1. The number of hydrogen-bond donors (Lipinski definition) is 5. The number of carboxylic acid groups (broad SMARTS) is 1. The van der Waals surface area contributed by atoms with Gasteiger partial charge in [-0.15, -0.1) is 0 Å². The van der Waals surface area contributed by atoms with Crippen LogP contribution >= 0.6 is 0 Å². The van der Waals surface area contributed by atoms with Gasteiger partial charge in [0.25, 0.3) is 0 Å². The van der Waals surface area contributed by atoms with Gasteiger partial charge in [-0.05, 0) is 62.2 Å². The van der Waals surface area contributed by atoms with Gasteiger partial charge in [-0.1, -0.05) is 31.6 Å². The van der Waals surface area contributed by atoms with E-state index < -0.39 is 5.97 Å². The van der Waals surface area contributed by atoms with E-state index in [2.05, 4.69) is 11.9 Å². The average molecular weight is 505 g/mol. The van der Waals surface area contributed by atoms with Crippen LogP contribution < -0.4 is 22.1 Å². The molecule has 0 unspecified atom stereocenters. The van der Waals surface area contributed by atoms with Gasteiger partial charge in [-0.3, -0.25) is 4.79 Å². The third-order valence-electron chi connectivity index (χ3n) is 5.61. The van der Waals surface area contributed by atoms with Crippen LogP contribution in [0.1, 0.15) is 45.1 Å². The van der Waals surface area contributed by atoms with Crippen LogP contribution in [0.2, 0.25) is 0 Å². The molecule has 7 N–H and O–H groups in total. The number of nitrogens with two attached hydrogens (primary N) is 2. The summed E-state index contributed by atoms with van der Waals surface area (Å²) in [5, 5.41) is 21.3. The van der Waals surface area contributed by atoms with E-state index in [1.165, 1.54) is 18.6 Å². The first kappa shape index (κ1) is 29.1. The van der Waals surface area contributed by atoms with Gasteiger partial charge in [0, 0.05) is 47.8 Å². The molecule has 0 saturated heterocycles. The number of rotatable bonds is 10. The normalized spacial score (nSPS) is 11.6. The number of nitrogen functional groups attached to an aromatic ring is 1. The number of carbonyl (C=O) groups is 2. The summed E-state index contributed by atoms with van der Waals surface area (Å²) in [5.74, 6) is -0.496. The lowest BCUT2D eigenvalue weighted by molar-refractivity contribution is -0.132. The predicted molar refractivity (Wildman–Crippen MR) is 149 cm³/mol. The van der Waals surface area contributed by atoms with Crippen molar-refractivity contribution in [2.75, 3.05) is 18.8 Å². The minimum absolute atomic E-state index is 0.0591. The summed E-state index contributed by atoms with van der Waals surface area (Å²) in [7, 11) is 0. The van der Waals surface area contributed by atoms with Crippen molar-refractivity contribution in [3.05, 3.63) is 77.7 Å². The maximum Gasteiger partial charge on any atom is 0.336 e. The Labute approximate surface area is 217 Å². The standard InChI is InChI=1S/C21H18N2O3.C8H18N2O/c1-3-5-15(21(24)25)14(4-2)20-16-8-6-12(22)10-18(16)26-19-11-13(23)7-9-17(19)20;1-8(11)10-7-5-3-2-4-6-9/h3-11,22H,1,23H2,2H3,(H,24,25);2-7,9H2,1H3,(H,10,11)/b14-4+,15-5+,22-12?;. The fraction of sp³-hybridized carbons (Fsp3) is 0.276. The molecule has 1 aliphatic heterocycles. The van der Waals surface area contributed by atoms with Crippen LogP contribution in [0, 0.1) is 5.41 Å². The summed E-state index contributed by atoms with van der Waals surface area (Å²) in [6.07, 6.45) is 9.18. The zero-order chi connectivity index (χ0) is 27.4. The molecule has 0 atom stereocenters. The van der Waals surface area contributed by atoms with Gasteiger partial charge in [-0.25, -0.2) is 4.79 Å². The van der Waals surface area contributed by atoms with E-state index in [4.69, 9.17) is 21.3 Å². The SMILES string of the molecule is C=C/C=C(C(=O)O)\C(=C/C)c1c2ccc(=N)cc-2oc2cc(N)ccc12.CC(=O)NCCCCCCN. The molecule has 37 heavy (non-hydrogen) atoms. The highest BCUT2D eigenvalue weighted by atomic mass is 16.4. The first-order valence-corrected chi connectivity index (χ1v) is 12.2. The summed E-state index contributed by atoms with van der Waals surface area (Å²) in [6.45, 7) is 8.52. The molecule has 0 radical (unpaired) electrons. The van der Waals surface area contributed by atoms with Gasteiger partial charge in [0.1, 0.15) is 11.3 Å². The molecule has 0 aromatic heterocycles. The Morgan fingerprint density at radius 3 is 2.49 bits per heavy atom. The van der Waals surface area contributed by atoms with E-state index in [1.54, 1.807) is 50.3 Å². The number of allylic oxidation sites excluding steroid dienone is 3. The number of fused-ring (bicyclic) bond motifs is 2. The van der Waals surface area contributed by atoms with E-state index in [1.807, 2.05) is 6.07 Å². The largest absolute Gasteiger partial charge is 0.478 e. The minimum Gasteiger partial charge on any atom is -0.478 e. The number of hydrogen-bond acceptors (Lipinski definition) is 6. The number of anilines is 1. The van der Waals surface area contributed by atoms with E-state index in [0.717, 1.165) is 48.9 Å². The van der Waals surface area contributed by atoms with Crippen LogP contribution in [0.5, 0.6) is 0 Å². The molecule has 196 valence electrons. The number of aliphatic carboxylic acids is 1. The van der Waals surface area contributed by atoms with Crippen molar-refractivity contribution in [2.24, 2.45) is 5.73 Å². The average Bonchev–Trinajstić information content (AvgIpc) is 2.85. The molecular formula is C29H36N4O4. The number of unbranched alkanes of at least 4 members (excludes halogenated alkanes) is 3. The van der Waals surface area contributed by atoms with Crippen molar-refractivity contribution < 1.29 is 19.1 Å². The zero-order valence-electron chi connectivity index (χ0n) is 21.5. The van der Waals surface area contributed by atoms with Crippen LogP contribution in [0.4, 0.5) is 5.69 Å². The van der Waals surface area contributed by atoms with Gasteiger partial charge in [0.2, 0.25) is 5.91 Å². The lowest BCUT2D eigenvalue weighted by atomic mass is 9.89. The van der Waals surface area contributed by atoms with Gasteiger partial charge in [0.15, 0.2) is 0 Å². The third-order valence-corrected chi connectivity index (χ3v) is 5.61. The quantitative estimate of drug-likeness (QED) is 0.0874. The summed E-state index contributed by atoms with van der Waals surface area (Å²) >= 11 is 0. The predicted octanol–water partition coefficient (Wildman–Crippen LogP) is 4.84. The third kappa shape index (κ3) is 8.18. The second-order valence-electron chi connectivity index (χ2n) is 8.45. The first-order chi connectivity index (χ1) is 17.7. The molecule has 1 heterocycles. The van der Waals surface area contributed by atoms with E-state index in [0.29, 0.717) is 28.0 Å². The number of nitrogens with one attached hydrogen (secondary N) is 2. The van der Waals surface area contributed by atoms with Gasteiger partial charge in [-0.2, -0.15) is 0 Å². The van der Waals surface area contributed by atoms with Crippen molar-refractivity contribution in [1.82, 2.24) is 5.32 Å². The van der Waals surface area contributed by atoms with E-state index in [9.17, 15) is 14.7 Å². The second-order valence-corrected chi connectivity index (χ2v) is 8.45. The van der Waals surface area contributed by atoms with Gasteiger partial charge >= 0.3 is 5.97 Å². The van der Waals surface area contributed by atoms with Crippen LogP contribution in [-0.4, -0.2) is 30.1 Å². The molecule has 0 bridgehead atoms. The highest BCUT2D eigenvalue weighted by molar-refractivity contribution is 6.12. The summed E-state index contributed by atoms with van der Waals surface area (Å²) in [4.78, 5) is 22.2. The monoisotopic (exact) mass is 504 g/mol. The number of benzene rings is 2. The molecule has 8 nitrogen and oxygen atoms in total. The Kier molecular flexibility index (Phi) is 11.3. The van der Waals surface area contributed by atoms with Gasteiger partial charge < -0.3 is 31.7 Å². The zero-order valence-corrected chi connectivity index (χ0v) is 21.5. The summed E-state index contributed by atoms with van der Waals surface area (Å²) in [6, 6.07) is 10.3. The first-order valence-electron chi connectivity index (χ1n) is 12.2. The number of amides is 1. The molecule has 0 saturated carbocycles. The topological polar surface area (TPSA) is 155 Å². The molecule has 0 spiro atoms. The van der Waals surface area contributed by atoms with Crippen molar-refractivity contribution in [2.45, 2.75) is 39.5 Å². The summed E-state index contributed by atoms with van der Waals surface area (Å²) < 4.78 is 5.93. The Balaban J connectivity index is 0.000000371. The van der Waals surface area contributed by atoms with Crippen molar-refractivity contribution in [3.63, 3.8) is 0 Å². The Morgan fingerprint density at radius 1 is 1.14 bits per heavy atom.